The molecule has 0 saturated heterocycles. The summed E-state index contributed by atoms with van der Waals surface area (Å²) in [4.78, 5) is 11.7. The molecular weight excluding hydrogens is 308 g/mol. The van der Waals surface area contributed by atoms with Crippen molar-refractivity contribution in [3.63, 3.8) is 0 Å². The molecule has 0 radical (unpaired) electrons. The van der Waals surface area contributed by atoms with Crippen LogP contribution in [0.4, 0.5) is 0 Å². The monoisotopic (exact) mass is 320 g/mol. The number of nitrogens with one attached hydrogen (secondary N) is 1. The minimum Gasteiger partial charge on any atom is -0.456 e. The molecule has 0 aliphatic heterocycles. The molecule has 98 valence electrons. The van der Waals surface area contributed by atoms with Crippen molar-refractivity contribution < 1.29 is 9.21 Å². The summed E-state index contributed by atoms with van der Waals surface area (Å²) in [6.45, 7) is 3.62. The Morgan fingerprint density at radius 2 is 1.89 bits per heavy atom. The molecule has 0 saturated carbocycles. The summed E-state index contributed by atoms with van der Waals surface area (Å²) in [5, 5.41) is 4.05. The zero-order chi connectivity index (χ0) is 13.8. The van der Waals surface area contributed by atoms with Crippen LogP contribution in [-0.4, -0.2) is 11.6 Å². The molecule has 1 heterocycles. The third kappa shape index (κ3) is 3.54. The van der Waals surface area contributed by atoms with Crippen LogP contribution in [0.5, 0.6) is 0 Å². The van der Waals surface area contributed by atoms with Gasteiger partial charge in [-0.1, -0.05) is 28.1 Å². The van der Waals surface area contributed by atoms with Gasteiger partial charge >= 0.3 is 5.91 Å². The topological polar surface area (TPSA) is 54.6 Å². The zero-order valence-corrected chi connectivity index (χ0v) is 12.2. The first-order chi connectivity index (χ1) is 9.06. The summed E-state index contributed by atoms with van der Waals surface area (Å²) in [5.41, 5.74) is 4.14. The lowest BCUT2D eigenvalue weighted by Gasteiger charge is -2.01. The summed E-state index contributed by atoms with van der Waals surface area (Å²) in [7, 11) is 0. The van der Waals surface area contributed by atoms with E-state index in [1.54, 1.807) is 19.1 Å². The maximum Gasteiger partial charge on any atom is 0.307 e. The van der Waals surface area contributed by atoms with Gasteiger partial charge < -0.3 is 4.42 Å². The molecule has 1 amide bonds. The van der Waals surface area contributed by atoms with Gasteiger partial charge in [0.25, 0.3) is 0 Å². The van der Waals surface area contributed by atoms with Gasteiger partial charge in [0.05, 0.1) is 5.71 Å². The molecule has 0 aliphatic rings. The van der Waals surface area contributed by atoms with E-state index in [-0.39, 0.29) is 11.7 Å². The van der Waals surface area contributed by atoms with Crippen LogP contribution in [0, 0.1) is 6.92 Å². The van der Waals surface area contributed by atoms with Crippen LogP contribution in [0.2, 0.25) is 0 Å². The quantitative estimate of drug-likeness (QED) is 0.695. The largest absolute Gasteiger partial charge is 0.456 e. The van der Waals surface area contributed by atoms with Gasteiger partial charge in [0.1, 0.15) is 5.76 Å². The molecule has 0 fully saturated rings. The lowest BCUT2D eigenvalue weighted by atomic mass is 10.1. The number of hydrazone groups is 1. The molecule has 1 N–H and O–H groups in total. The number of carbonyl (C=O) groups is 1. The second-order valence-electron chi connectivity index (χ2n) is 4.06. The highest BCUT2D eigenvalue weighted by Gasteiger charge is 2.08. The molecule has 19 heavy (non-hydrogen) atoms. The van der Waals surface area contributed by atoms with Crippen molar-refractivity contribution in [1.82, 2.24) is 5.43 Å². The van der Waals surface area contributed by atoms with Crippen LogP contribution in [0.3, 0.4) is 0 Å². The van der Waals surface area contributed by atoms with Gasteiger partial charge in [0.15, 0.2) is 5.76 Å². The summed E-state index contributed by atoms with van der Waals surface area (Å²) < 4.78 is 6.21. The van der Waals surface area contributed by atoms with E-state index in [0.29, 0.717) is 5.76 Å². The molecule has 0 unspecified atom stereocenters. The van der Waals surface area contributed by atoms with Crippen LogP contribution >= 0.6 is 15.9 Å². The Hall–Kier alpha value is -1.88. The second kappa shape index (κ2) is 5.84. The third-order valence-electron chi connectivity index (χ3n) is 2.55. The normalized spacial score (nSPS) is 11.4. The minimum absolute atomic E-state index is 0.254. The standard InChI is InChI=1S/C14H13BrN2O2/c1-9-3-8-13(19-9)14(18)17-16-10(2)11-4-6-12(15)7-5-11/h3-8H,1-2H3,(H,17,18)/b16-10+. The second-order valence-corrected chi connectivity index (χ2v) is 4.97. The predicted molar refractivity (Wildman–Crippen MR) is 77.3 cm³/mol. The molecule has 0 bridgehead atoms. The third-order valence-corrected chi connectivity index (χ3v) is 3.08. The first-order valence-corrected chi connectivity index (χ1v) is 6.52. The maximum atomic E-state index is 11.7. The Kier molecular flexibility index (Phi) is 4.16. The van der Waals surface area contributed by atoms with Crippen molar-refractivity contribution in [3.05, 3.63) is 58.0 Å². The zero-order valence-electron chi connectivity index (χ0n) is 10.6. The number of halogens is 1. The smallest absolute Gasteiger partial charge is 0.307 e. The van der Waals surface area contributed by atoms with E-state index in [0.717, 1.165) is 15.7 Å². The number of hydrogen-bond acceptors (Lipinski definition) is 3. The van der Waals surface area contributed by atoms with Crippen molar-refractivity contribution in [1.29, 1.82) is 0 Å². The Labute approximate surface area is 119 Å². The highest BCUT2D eigenvalue weighted by molar-refractivity contribution is 9.10. The van der Waals surface area contributed by atoms with E-state index in [2.05, 4.69) is 26.5 Å². The number of aryl methyl sites for hydroxylation is 1. The summed E-state index contributed by atoms with van der Waals surface area (Å²) in [6, 6.07) is 11.0. The highest BCUT2D eigenvalue weighted by Crippen LogP contribution is 2.11. The molecule has 0 spiro atoms. The summed E-state index contributed by atoms with van der Waals surface area (Å²) in [6.07, 6.45) is 0. The highest BCUT2D eigenvalue weighted by atomic mass is 79.9. The van der Waals surface area contributed by atoms with Crippen LogP contribution in [0.15, 0.2) is 50.4 Å². The van der Waals surface area contributed by atoms with E-state index in [1.807, 2.05) is 31.2 Å². The number of carbonyl (C=O) groups excluding carboxylic acids is 1. The van der Waals surface area contributed by atoms with Gasteiger partial charge in [-0.15, -0.1) is 0 Å². The van der Waals surface area contributed by atoms with Crippen LogP contribution in [-0.2, 0) is 0 Å². The van der Waals surface area contributed by atoms with E-state index < -0.39 is 0 Å². The van der Waals surface area contributed by atoms with Gasteiger partial charge in [-0.05, 0) is 43.7 Å². The van der Waals surface area contributed by atoms with Gasteiger partial charge in [-0.25, -0.2) is 5.43 Å². The number of furan rings is 1. The number of hydrogen-bond donors (Lipinski definition) is 1. The Balaban J connectivity index is 2.06. The first-order valence-electron chi connectivity index (χ1n) is 5.73. The molecule has 4 nitrogen and oxygen atoms in total. The van der Waals surface area contributed by atoms with E-state index in [9.17, 15) is 4.79 Å². The first kappa shape index (κ1) is 13.5. The number of rotatable bonds is 3. The van der Waals surface area contributed by atoms with Crippen molar-refractivity contribution in [3.8, 4) is 0 Å². The van der Waals surface area contributed by atoms with E-state index >= 15 is 0 Å². The van der Waals surface area contributed by atoms with Gasteiger partial charge in [-0.2, -0.15) is 5.10 Å². The lowest BCUT2D eigenvalue weighted by molar-refractivity contribution is 0.0926. The van der Waals surface area contributed by atoms with Crippen LogP contribution < -0.4 is 5.43 Å². The minimum atomic E-state index is -0.357. The predicted octanol–water partition coefficient (Wildman–Crippen LogP) is 3.50. The van der Waals surface area contributed by atoms with Crippen LogP contribution in [0.25, 0.3) is 0 Å². The molecule has 2 aromatic rings. The summed E-state index contributed by atoms with van der Waals surface area (Å²) in [5.74, 6) is 0.591. The number of benzene rings is 1. The molecule has 1 aromatic carbocycles. The molecule has 0 aliphatic carbocycles. The molecule has 2 rings (SSSR count). The van der Waals surface area contributed by atoms with Crippen molar-refractivity contribution in [2.45, 2.75) is 13.8 Å². The number of nitrogens with zero attached hydrogens (tertiary/aromatic N) is 1. The lowest BCUT2D eigenvalue weighted by Crippen LogP contribution is -2.18. The fourth-order valence-electron chi connectivity index (χ4n) is 1.50. The maximum absolute atomic E-state index is 11.7. The van der Waals surface area contributed by atoms with Gasteiger partial charge in [-0.3, -0.25) is 4.79 Å². The Morgan fingerprint density at radius 3 is 2.47 bits per heavy atom. The fourth-order valence-corrected chi connectivity index (χ4v) is 1.77. The van der Waals surface area contributed by atoms with Gasteiger partial charge in [0, 0.05) is 4.47 Å². The SMILES string of the molecule is C/C(=N\NC(=O)c1ccc(C)o1)c1ccc(Br)cc1. The van der Waals surface area contributed by atoms with Crippen molar-refractivity contribution in [2.24, 2.45) is 5.10 Å². The van der Waals surface area contributed by atoms with Crippen molar-refractivity contribution in [2.75, 3.05) is 0 Å². The van der Waals surface area contributed by atoms with Crippen LogP contribution in [0.1, 0.15) is 28.8 Å². The Morgan fingerprint density at radius 1 is 1.21 bits per heavy atom. The van der Waals surface area contributed by atoms with E-state index in [1.165, 1.54) is 0 Å². The van der Waals surface area contributed by atoms with E-state index in [4.69, 9.17) is 4.42 Å². The molecule has 0 atom stereocenters. The Bertz CT molecular complexity index is 615. The molecule has 5 heteroatoms. The average molecular weight is 321 g/mol. The molecular formula is C14H13BrN2O2. The fraction of sp³-hybridized carbons (Fsp3) is 0.143. The molecule has 1 aromatic heterocycles. The average Bonchev–Trinajstić information content (AvgIpc) is 2.83. The number of amides is 1. The van der Waals surface area contributed by atoms with Crippen molar-refractivity contribution >= 4 is 27.5 Å². The van der Waals surface area contributed by atoms with Gasteiger partial charge in [0.2, 0.25) is 0 Å². The summed E-state index contributed by atoms with van der Waals surface area (Å²) >= 11 is 3.37.